The second-order valence-corrected chi connectivity index (χ2v) is 4.93. The second-order valence-electron chi connectivity index (χ2n) is 4.93. The first-order valence-electron chi connectivity index (χ1n) is 5.70. The maximum absolute atomic E-state index is 13.9. The minimum Gasteiger partial charge on any atom is -0.371 e. The number of likely N-dealkylation sites (tertiary alicyclic amines) is 1. The van der Waals surface area contributed by atoms with Gasteiger partial charge in [0.05, 0.1) is 6.17 Å². The van der Waals surface area contributed by atoms with Crippen LogP contribution in [0.3, 0.4) is 0 Å². The van der Waals surface area contributed by atoms with Crippen molar-refractivity contribution < 1.29 is 4.39 Å². The first-order valence-corrected chi connectivity index (χ1v) is 5.70. The van der Waals surface area contributed by atoms with Crippen LogP contribution in [0.4, 0.5) is 4.39 Å². The van der Waals surface area contributed by atoms with Gasteiger partial charge in [0, 0.05) is 31.2 Å². The van der Waals surface area contributed by atoms with E-state index in [4.69, 9.17) is 5.73 Å². The van der Waals surface area contributed by atoms with Crippen molar-refractivity contribution >= 4 is 0 Å². The van der Waals surface area contributed by atoms with Crippen molar-refractivity contribution in [2.75, 3.05) is 20.6 Å². The van der Waals surface area contributed by atoms with Crippen molar-refractivity contribution in [3.8, 4) is 0 Å². The van der Waals surface area contributed by atoms with Gasteiger partial charge in [0.2, 0.25) is 0 Å². The van der Waals surface area contributed by atoms with E-state index in [1.165, 1.54) is 0 Å². The average Bonchev–Trinajstić information content (AvgIpc) is 2.30. The van der Waals surface area contributed by atoms with Gasteiger partial charge in [-0.3, -0.25) is 4.90 Å². The molecule has 16 heavy (non-hydrogen) atoms. The van der Waals surface area contributed by atoms with Crippen LogP contribution in [0, 0.1) is 5.92 Å². The Balaban J connectivity index is 2.48. The van der Waals surface area contributed by atoms with E-state index in [1.807, 2.05) is 25.9 Å². The molecule has 2 aliphatic heterocycles. The van der Waals surface area contributed by atoms with Gasteiger partial charge in [-0.15, -0.1) is 0 Å². The molecule has 0 spiro atoms. The van der Waals surface area contributed by atoms with Crippen LogP contribution in [-0.2, 0) is 0 Å². The van der Waals surface area contributed by atoms with E-state index in [0.29, 0.717) is 17.7 Å². The molecule has 2 aliphatic rings. The van der Waals surface area contributed by atoms with Crippen LogP contribution in [0.15, 0.2) is 23.2 Å². The van der Waals surface area contributed by atoms with Gasteiger partial charge in [0.1, 0.15) is 5.83 Å². The van der Waals surface area contributed by atoms with E-state index < -0.39 is 0 Å². The molecule has 0 aromatic heterocycles. The van der Waals surface area contributed by atoms with E-state index in [1.54, 1.807) is 6.08 Å². The number of likely N-dealkylation sites (N-methyl/N-ethyl adjacent to an activating group) is 2. The fraction of sp³-hybridized carbons (Fsp3) is 0.667. The Hall–Kier alpha value is -0.870. The molecule has 0 aromatic carbocycles. The number of allylic oxidation sites excluding steroid dienone is 3. The molecule has 2 bridgehead atoms. The van der Waals surface area contributed by atoms with Crippen molar-refractivity contribution in [2.45, 2.75) is 26.1 Å². The standard InChI is InChI=1S/C12H20FN3/c1-7-9-5-10(13)8(2)16(4)11(7)6-15(3)12(9)14/h5,7,11-12H,6,14H2,1-4H3. The van der Waals surface area contributed by atoms with Crippen molar-refractivity contribution in [1.29, 1.82) is 0 Å². The molecule has 0 aliphatic carbocycles. The number of hydrogen-bond acceptors (Lipinski definition) is 3. The summed E-state index contributed by atoms with van der Waals surface area (Å²) in [6.45, 7) is 4.83. The zero-order valence-corrected chi connectivity index (χ0v) is 10.4. The molecular formula is C12H20FN3. The van der Waals surface area contributed by atoms with Gasteiger partial charge < -0.3 is 10.6 Å². The van der Waals surface area contributed by atoms with E-state index in [0.717, 1.165) is 12.1 Å². The number of halogens is 1. The highest BCUT2D eigenvalue weighted by Gasteiger charge is 2.38. The van der Waals surface area contributed by atoms with Gasteiger partial charge >= 0.3 is 0 Å². The van der Waals surface area contributed by atoms with E-state index >= 15 is 0 Å². The van der Waals surface area contributed by atoms with Crippen LogP contribution in [-0.4, -0.2) is 42.6 Å². The second kappa shape index (κ2) is 3.86. The maximum atomic E-state index is 13.9. The number of nitrogens with two attached hydrogens (primary N) is 1. The monoisotopic (exact) mass is 225 g/mol. The number of rotatable bonds is 0. The predicted octanol–water partition coefficient (Wildman–Crippen LogP) is 1.29. The Morgan fingerprint density at radius 3 is 2.69 bits per heavy atom. The molecule has 2 N–H and O–H groups in total. The molecule has 0 aromatic rings. The van der Waals surface area contributed by atoms with Gasteiger partial charge in [-0.05, 0) is 25.6 Å². The summed E-state index contributed by atoms with van der Waals surface area (Å²) in [5.74, 6) is 0.150. The van der Waals surface area contributed by atoms with Gasteiger partial charge in [-0.2, -0.15) is 0 Å². The molecule has 0 saturated carbocycles. The zero-order chi connectivity index (χ0) is 12.0. The molecule has 0 radical (unpaired) electrons. The molecular weight excluding hydrogens is 205 g/mol. The Labute approximate surface area is 96.4 Å². The van der Waals surface area contributed by atoms with Gasteiger partial charge in [-0.1, -0.05) is 6.92 Å². The third-order valence-electron chi connectivity index (χ3n) is 4.06. The lowest BCUT2D eigenvalue weighted by molar-refractivity contribution is 0.116. The highest BCUT2D eigenvalue weighted by molar-refractivity contribution is 5.32. The largest absolute Gasteiger partial charge is 0.371 e. The number of fused-ring (bicyclic) bond motifs is 2. The smallest absolute Gasteiger partial charge is 0.142 e. The van der Waals surface area contributed by atoms with Crippen LogP contribution in [0.25, 0.3) is 0 Å². The van der Waals surface area contributed by atoms with Gasteiger partial charge in [0.15, 0.2) is 0 Å². The normalized spacial score (nSPS) is 36.2. The summed E-state index contributed by atoms with van der Waals surface area (Å²) >= 11 is 0. The Bertz CT molecular complexity index is 361. The predicted molar refractivity (Wildman–Crippen MR) is 63.2 cm³/mol. The summed E-state index contributed by atoms with van der Waals surface area (Å²) in [5, 5.41) is 0. The summed E-state index contributed by atoms with van der Waals surface area (Å²) < 4.78 is 13.9. The average molecular weight is 225 g/mol. The number of piperidine rings is 1. The van der Waals surface area contributed by atoms with Crippen LogP contribution in [0.5, 0.6) is 0 Å². The Morgan fingerprint density at radius 2 is 2.06 bits per heavy atom. The zero-order valence-electron chi connectivity index (χ0n) is 10.4. The molecule has 2 rings (SSSR count). The van der Waals surface area contributed by atoms with Crippen molar-refractivity contribution in [2.24, 2.45) is 11.7 Å². The lowest BCUT2D eigenvalue weighted by atomic mass is 9.86. The van der Waals surface area contributed by atoms with Gasteiger partial charge in [-0.25, -0.2) is 4.39 Å². The highest BCUT2D eigenvalue weighted by atomic mass is 19.1. The first-order chi connectivity index (χ1) is 7.43. The van der Waals surface area contributed by atoms with Crippen LogP contribution < -0.4 is 5.73 Å². The summed E-state index contributed by atoms with van der Waals surface area (Å²) in [6, 6.07) is 0.310. The summed E-state index contributed by atoms with van der Waals surface area (Å²) in [4.78, 5) is 4.12. The molecule has 0 amide bonds. The number of hydrogen-bond donors (Lipinski definition) is 1. The van der Waals surface area contributed by atoms with Crippen molar-refractivity contribution in [3.63, 3.8) is 0 Å². The quantitative estimate of drug-likeness (QED) is 0.674. The third-order valence-corrected chi connectivity index (χ3v) is 4.06. The third kappa shape index (κ3) is 1.57. The van der Waals surface area contributed by atoms with Crippen molar-refractivity contribution in [3.05, 3.63) is 23.2 Å². The van der Waals surface area contributed by atoms with Crippen LogP contribution in [0.2, 0.25) is 0 Å². The fourth-order valence-electron chi connectivity index (χ4n) is 2.66. The lowest BCUT2D eigenvalue weighted by Crippen LogP contribution is -2.56. The van der Waals surface area contributed by atoms with E-state index in [-0.39, 0.29) is 12.0 Å². The summed E-state index contributed by atoms with van der Waals surface area (Å²) in [6.07, 6.45) is 1.47. The molecule has 3 unspecified atom stereocenters. The fourth-order valence-corrected chi connectivity index (χ4v) is 2.66. The topological polar surface area (TPSA) is 32.5 Å². The highest BCUT2D eigenvalue weighted by Crippen LogP contribution is 2.34. The van der Waals surface area contributed by atoms with Gasteiger partial charge in [0.25, 0.3) is 0 Å². The molecule has 90 valence electrons. The Kier molecular flexibility index (Phi) is 2.80. The molecule has 3 nitrogen and oxygen atoms in total. The SMILES string of the molecule is CC1=C(F)C=C2C(C)C(CN(C)C2N)N1C. The van der Waals surface area contributed by atoms with E-state index in [2.05, 4.69) is 11.8 Å². The summed E-state index contributed by atoms with van der Waals surface area (Å²) in [5.41, 5.74) is 7.80. The van der Waals surface area contributed by atoms with Crippen LogP contribution >= 0.6 is 0 Å². The number of nitrogens with zero attached hydrogens (tertiary/aromatic N) is 2. The minimum atomic E-state index is -0.156. The molecule has 3 atom stereocenters. The molecule has 1 saturated heterocycles. The van der Waals surface area contributed by atoms with E-state index in [9.17, 15) is 4.39 Å². The molecule has 2 heterocycles. The molecule has 1 fully saturated rings. The van der Waals surface area contributed by atoms with Crippen molar-refractivity contribution in [1.82, 2.24) is 9.80 Å². The van der Waals surface area contributed by atoms with Crippen LogP contribution in [0.1, 0.15) is 13.8 Å². The minimum absolute atomic E-state index is 0.155. The maximum Gasteiger partial charge on any atom is 0.142 e. The Morgan fingerprint density at radius 1 is 1.44 bits per heavy atom. The first kappa shape index (κ1) is 11.6. The molecule has 4 heteroatoms. The summed E-state index contributed by atoms with van der Waals surface area (Å²) in [7, 11) is 3.95. The lowest BCUT2D eigenvalue weighted by Gasteiger charge is -2.44.